The average Bonchev–Trinajstić information content (AvgIpc) is 2.51. The standard InChI is InChI=1S/C18H29BrN2/c1-3-9-14-10-7-8-13-21(14)18(17(20)4-2)15-11-5-6-12-16(15)19/h5-6,11-12,14,17-18H,3-4,7-10,13,20H2,1-2H3. The van der Waals surface area contributed by atoms with E-state index in [9.17, 15) is 0 Å². The molecular weight excluding hydrogens is 324 g/mol. The van der Waals surface area contributed by atoms with Gasteiger partial charge in [0.1, 0.15) is 0 Å². The van der Waals surface area contributed by atoms with Crippen LogP contribution in [0.3, 0.4) is 0 Å². The van der Waals surface area contributed by atoms with E-state index >= 15 is 0 Å². The molecule has 0 spiro atoms. The largest absolute Gasteiger partial charge is 0.326 e. The molecule has 1 fully saturated rings. The minimum Gasteiger partial charge on any atom is -0.326 e. The highest BCUT2D eigenvalue weighted by atomic mass is 79.9. The van der Waals surface area contributed by atoms with Gasteiger partial charge in [0.05, 0.1) is 6.04 Å². The predicted octanol–water partition coefficient (Wildman–Crippen LogP) is 4.88. The quantitative estimate of drug-likeness (QED) is 0.790. The Hall–Kier alpha value is -0.380. The van der Waals surface area contributed by atoms with E-state index in [0.717, 1.165) is 6.42 Å². The van der Waals surface area contributed by atoms with Crippen LogP contribution in [0, 0.1) is 0 Å². The lowest BCUT2D eigenvalue weighted by molar-refractivity contribution is 0.0722. The van der Waals surface area contributed by atoms with Crippen LogP contribution in [-0.2, 0) is 0 Å². The first-order valence-corrected chi connectivity index (χ1v) is 9.24. The minimum atomic E-state index is 0.196. The van der Waals surface area contributed by atoms with Gasteiger partial charge in [0, 0.05) is 16.6 Å². The van der Waals surface area contributed by atoms with E-state index in [2.05, 4.69) is 58.9 Å². The SMILES string of the molecule is CCCC1CCCCN1C(c1ccccc1Br)C(N)CC. The molecule has 0 saturated carbocycles. The third kappa shape index (κ3) is 4.08. The normalized spacial score (nSPS) is 23.0. The second-order valence-electron chi connectivity index (χ2n) is 6.21. The van der Waals surface area contributed by atoms with Crippen molar-refractivity contribution in [2.24, 2.45) is 5.73 Å². The molecular formula is C18H29BrN2. The number of halogens is 1. The van der Waals surface area contributed by atoms with Crippen LogP contribution in [-0.4, -0.2) is 23.5 Å². The Morgan fingerprint density at radius 3 is 2.71 bits per heavy atom. The maximum atomic E-state index is 6.54. The van der Waals surface area contributed by atoms with Gasteiger partial charge in [-0.15, -0.1) is 0 Å². The van der Waals surface area contributed by atoms with E-state index < -0.39 is 0 Å². The summed E-state index contributed by atoms with van der Waals surface area (Å²) in [6.45, 7) is 5.68. The zero-order chi connectivity index (χ0) is 15.2. The van der Waals surface area contributed by atoms with Crippen molar-refractivity contribution >= 4 is 15.9 Å². The third-order valence-corrected chi connectivity index (χ3v) is 5.47. The van der Waals surface area contributed by atoms with E-state index in [1.165, 1.54) is 48.7 Å². The van der Waals surface area contributed by atoms with Crippen LogP contribution in [0.4, 0.5) is 0 Å². The maximum absolute atomic E-state index is 6.54. The molecule has 0 aliphatic carbocycles. The molecule has 2 nitrogen and oxygen atoms in total. The lowest BCUT2D eigenvalue weighted by Crippen LogP contribution is -2.48. The molecule has 3 heteroatoms. The molecule has 0 amide bonds. The number of piperidine rings is 1. The van der Waals surface area contributed by atoms with Crippen LogP contribution >= 0.6 is 15.9 Å². The number of likely N-dealkylation sites (tertiary alicyclic amines) is 1. The van der Waals surface area contributed by atoms with Gasteiger partial charge in [-0.3, -0.25) is 4.90 Å². The first-order valence-electron chi connectivity index (χ1n) is 8.44. The molecule has 0 radical (unpaired) electrons. The number of nitrogens with two attached hydrogens (primary N) is 1. The first kappa shape index (κ1) is 17.0. The van der Waals surface area contributed by atoms with Crippen molar-refractivity contribution in [1.82, 2.24) is 4.90 Å². The van der Waals surface area contributed by atoms with Crippen LogP contribution < -0.4 is 5.73 Å². The smallest absolute Gasteiger partial charge is 0.0513 e. The first-order chi connectivity index (χ1) is 10.2. The molecule has 1 heterocycles. The average molecular weight is 353 g/mol. The molecule has 1 aliphatic rings. The summed E-state index contributed by atoms with van der Waals surface area (Å²) in [6.07, 6.45) is 7.55. The lowest BCUT2D eigenvalue weighted by Gasteiger charge is -2.44. The van der Waals surface area contributed by atoms with Crippen LogP contribution in [0.15, 0.2) is 28.7 Å². The lowest BCUT2D eigenvalue weighted by atomic mass is 9.89. The summed E-state index contributed by atoms with van der Waals surface area (Å²) >= 11 is 3.74. The van der Waals surface area contributed by atoms with Crippen molar-refractivity contribution in [2.45, 2.75) is 70.5 Å². The van der Waals surface area contributed by atoms with Crippen molar-refractivity contribution < 1.29 is 0 Å². The van der Waals surface area contributed by atoms with Gasteiger partial charge in [-0.2, -0.15) is 0 Å². The molecule has 118 valence electrons. The predicted molar refractivity (Wildman–Crippen MR) is 94.4 cm³/mol. The number of rotatable bonds is 6. The summed E-state index contributed by atoms with van der Waals surface area (Å²) in [5, 5.41) is 0. The number of nitrogens with zero attached hydrogens (tertiary/aromatic N) is 1. The number of benzene rings is 1. The van der Waals surface area contributed by atoms with E-state index in [1.54, 1.807) is 0 Å². The fourth-order valence-electron chi connectivity index (χ4n) is 3.63. The van der Waals surface area contributed by atoms with Gasteiger partial charge < -0.3 is 5.73 Å². The zero-order valence-corrected chi connectivity index (χ0v) is 15.0. The second-order valence-corrected chi connectivity index (χ2v) is 7.07. The topological polar surface area (TPSA) is 29.3 Å². The maximum Gasteiger partial charge on any atom is 0.0513 e. The Balaban J connectivity index is 2.32. The molecule has 21 heavy (non-hydrogen) atoms. The summed E-state index contributed by atoms with van der Waals surface area (Å²) in [7, 11) is 0. The van der Waals surface area contributed by atoms with Gasteiger partial charge in [0.15, 0.2) is 0 Å². The van der Waals surface area contributed by atoms with E-state index in [4.69, 9.17) is 5.73 Å². The summed E-state index contributed by atoms with van der Waals surface area (Å²) < 4.78 is 1.19. The highest BCUT2D eigenvalue weighted by Crippen LogP contribution is 2.36. The molecule has 1 aromatic rings. The van der Waals surface area contributed by atoms with E-state index in [1.807, 2.05) is 0 Å². The van der Waals surface area contributed by atoms with Crippen LogP contribution in [0.25, 0.3) is 0 Å². The number of hydrogen-bond donors (Lipinski definition) is 1. The Morgan fingerprint density at radius 1 is 1.29 bits per heavy atom. The summed E-state index contributed by atoms with van der Waals surface area (Å²) in [6, 6.07) is 9.82. The highest BCUT2D eigenvalue weighted by Gasteiger charge is 2.33. The van der Waals surface area contributed by atoms with Crippen LogP contribution in [0.1, 0.15) is 64.0 Å². The molecule has 1 saturated heterocycles. The molecule has 3 atom stereocenters. The number of hydrogen-bond acceptors (Lipinski definition) is 2. The van der Waals surface area contributed by atoms with E-state index in [0.29, 0.717) is 12.1 Å². The van der Waals surface area contributed by atoms with Gasteiger partial charge in [-0.25, -0.2) is 0 Å². The molecule has 1 aromatic carbocycles. The summed E-state index contributed by atoms with van der Waals surface area (Å²) in [4.78, 5) is 2.70. The minimum absolute atomic E-state index is 0.196. The van der Waals surface area contributed by atoms with Crippen molar-refractivity contribution in [3.63, 3.8) is 0 Å². The van der Waals surface area contributed by atoms with Crippen molar-refractivity contribution in [2.75, 3.05) is 6.54 Å². The summed E-state index contributed by atoms with van der Waals surface area (Å²) in [5.74, 6) is 0. The Labute approximate surface area is 138 Å². The van der Waals surface area contributed by atoms with Crippen LogP contribution in [0.5, 0.6) is 0 Å². The molecule has 3 unspecified atom stereocenters. The molecule has 0 bridgehead atoms. The fraction of sp³-hybridized carbons (Fsp3) is 0.667. The van der Waals surface area contributed by atoms with Crippen molar-refractivity contribution in [3.05, 3.63) is 34.3 Å². The summed E-state index contributed by atoms with van der Waals surface area (Å²) in [5.41, 5.74) is 7.90. The Morgan fingerprint density at radius 2 is 2.05 bits per heavy atom. The Bertz CT molecular complexity index is 433. The van der Waals surface area contributed by atoms with E-state index in [-0.39, 0.29) is 6.04 Å². The van der Waals surface area contributed by atoms with Gasteiger partial charge in [0.2, 0.25) is 0 Å². The van der Waals surface area contributed by atoms with Crippen molar-refractivity contribution in [3.8, 4) is 0 Å². The monoisotopic (exact) mass is 352 g/mol. The highest BCUT2D eigenvalue weighted by molar-refractivity contribution is 9.10. The van der Waals surface area contributed by atoms with Gasteiger partial charge in [-0.1, -0.05) is 60.8 Å². The van der Waals surface area contributed by atoms with Crippen LogP contribution in [0.2, 0.25) is 0 Å². The molecule has 0 aromatic heterocycles. The zero-order valence-electron chi connectivity index (χ0n) is 13.4. The molecule has 1 aliphatic heterocycles. The second kappa shape index (κ2) is 8.30. The van der Waals surface area contributed by atoms with Crippen molar-refractivity contribution in [1.29, 1.82) is 0 Å². The molecule has 2 rings (SSSR count). The fourth-order valence-corrected chi connectivity index (χ4v) is 4.15. The van der Waals surface area contributed by atoms with Gasteiger partial charge >= 0.3 is 0 Å². The van der Waals surface area contributed by atoms with Gasteiger partial charge in [0.25, 0.3) is 0 Å². The Kier molecular flexibility index (Phi) is 6.72. The third-order valence-electron chi connectivity index (χ3n) is 4.75. The van der Waals surface area contributed by atoms with Gasteiger partial charge in [-0.05, 0) is 43.9 Å². The molecule has 2 N–H and O–H groups in total.